The van der Waals surface area contributed by atoms with E-state index in [2.05, 4.69) is 10.1 Å². The fraction of sp³-hybridized carbons (Fsp3) is 0.364. The van der Waals surface area contributed by atoms with Crippen LogP contribution in [0.1, 0.15) is 23.2 Å². The first kappa shape index (κ1) is 13.8. The van der Waals surface area contributed by atoms with E-state index in [9.17, 15) is 17.6 Å². The van der Waals surface area contributed by atoms with Gasteiger partial charge in [-0.2, -0.15) is 0 Å². The molecule has 0 spiro atoms. The summed E-state index contributed by atoms with van der Waals surface area (Å²) in [4.78, 5) is 11.2. The summed E-state index contributed by atoms with van der Waals surface area (Å²) in [6.45, 7) is 0. The molecule has 1 aliphatic carbocycles. The van der Waals surface area contributed by atoms with Crippen molar-refractivity contribution in [3.63, 3.8) is 0 Å². The fourth-order valence-corrected chi connectivity index (χ4v) is 2.34. The molecule has 8 heteroatoms. The van der Waals surface area contributed by atoms with Crippen LogP contribution in [0.25, 0.3) is 0 Å². The van der Waals surface area contributed by atoms with Crippen LogP contribution in [-0.4, -0.2) is 27.5 Å². The zero-order valence-electron chi connectivity index (χ0n) is 10.1. The molecular weight excluding hydrogens is 275 g/mol. The van der Waals surface area contributed by atoms with Gasteiger partial charge in [0, 0.05) is 11.6 Å². The van der Waals surface area contributed by atoms with E-state index in [1.807, 2.05) is 0 Å². The minimum absolute atomic E-state index is 0.0793. The molecule has 104 valence electrons. The lowest BCUT2D eigenvalue weighted by molar-refractivity contribution is 0.0950. The third-order valence-corrected chi connectivity index (χ3v) is 3.61. The van der Waals surface area contributed by atoms with Crippen LogP contribution in [0.3, 0.4) is 0 Å². The first-order valence-corrected chi connectivity index (χ1v) is 7.08. The number of nitrogens with two attached hydrogens (primary N) is 1. The molecule has 0 aliphatic heterocycles. The van der Waals surface area contributed by atoms with E-state index in [4.69, 9.17) is 5.14 Å². The van der Waals surface area contributed by atoms with E-state index >= 15 is 0 Å². The molecule has 1 aromatic carbocycles. The Morgan fingerprint density at radius 1 is 1.47 bits per heavy atom. The van der Waals surface area contributed by atoms with Gasteiger partial charge in [0.1, 0.15) is 4.90 Å². The van der Waals surface area contributed by atoms with Gasteiger partial charge in [-0.25, -0.2) is 17.9 Å². The van der Waals surface area contributed by atoms with Crippen LogP contribution in [0.4, 0.5) is 4.39 Å². The number of sulfonamides is 1. The predicted molar refractivity (Wildman–Crippen MR) is 64.8 cm³/mol. The smallest absolute Gasteiger partial charge is 0.251 e. The van der Waals surface area contributed by atoms with Crippen molar-refractivity contribution in [1.29, 1.82) is 0 Å². The predicted octanol–water partition coefficient (Wildman–Crippen LogP) is 0.374. The van der Waals surface area contributed by atoms with Gasteiger partial charge < -0.3 is 10.1 Å². The second kappa shape index (κ2) is 4.78. The Bertz CT molecular complexity index is 626. The summed E-state index contributed by atoms with van der Waals surface area (Å²) in [5.41, 5.74) is -0.103. The molecular formula is C11H13FN2O4S. The number of halogens is 1. The van der Waals surface area contributed by atoms with E-state index in [0.29, 0.717) is 0 Å². The lowest BCUT2D eigenvalue weighted by Crippen LogP contribution is -2.26. The average molecular weight is 288 g/mol. The van der Waals surface area contributed by atoms with Crippen LogP contribution < -0.4 is 15.2 Å². The van der Waals surface area contributed by atoms with E-state index < -0.39 is 32.4 Å². The molecule has 0 unspecified atom stereocenters. The molecule has 1 aliphatic rings. The summed E-state index contributed by atoms with van der Waals surface area (Å²) in [7, 11) is -3.06. The van der Waals surface area contributed by atoms with Gasteiger partial charge in [-0.05, 0) is 25.0 Å². The highest BCUT2D eigenvalue weighted by Crippen LogP contribution is 2.28. The first-order valence-electron chi connectivity index (χ1n) is 5.54. The van der Waals surface area contributed by atoms with Gasteiger partial charge >= 0.3 is 0 Å². The first-order chi connectivity index (χ1) is 8.82. The van der Waals surface area contributed by atoms with Gasteiger partial charge in [0.2, 0.25) is 10.0 Å². The number of nitrogens with one attached hydrogen (secondary N) is 1. The van der Waals surface area contributed by atoms with E-state index in [0.717, 1.165) is 32.1 Å². The molecule has 0 radical (unpaired) electrons. The number of carbonyl (C=O) groups excluding carboxylic acids is 1. The fourth-order valence-electron chi connectivity index (χ4n) is 1.61. The Labute approximate surface area is 109 Å². The zero-order valence-corrected chi connectivity index (χ0v) is 11.0. The van der Waals surface area contributed by atoms with Crippen molar-refractivity contribution in [2.45, 2.75) is 23.8 Å². The highest BCUT2D eigenvalue weighted by atomic mass is 32.2. The lowest BCUT2D eigenvalue weighted by Gasteiger charge is -2.10. The van der Waals surface area contributed by atoms with E-state index in [-0.39, 0.29) is 11.6 Å². The largest absolute Gasteiger partial charge is 0.492 e. The molecule has 3 N–H and O–H groups in total. The number of methoxy groups -OCH3 is 1. The SMILES string of the molecule is COc1c(F)cc(C(=O)NC2CC2)cc1S(N)(=O)=O. The van der Waals surface area contributed by atoms with Crippen molar-refractivity contribution in [2.75, 3.05) is 7.11 Å². The Morgan fingerprint density at radius 3 is 2.58 bits per heavy atom. The Balaban J connectivity index is 2.46. The van der Waals surface area contributed by atoms with Gasteiger partial charge in [0.25, 0.3) is 5.91 Å². The van der Waals surface area contributed by atoms with Crippen LogP contribution in [-0.2, 0) is 10.0 Å². The molecule has 19 heavy (non-hydrogen) atoms. The minimum atomic E-state index is -4.18. The molecule has 1 fully saturated rings. The summed E-state index contributed by atoms with van der Waals surface area (Å²) in [6.07, 6.45) is 1.73. The van der Waals surface area contributed by atoms with Crippen LogP contribution in [0, 0.1) is 5.82 Å². The molecule has 0 saturated heterocycles. The summed E-state index contributed by atoms with van der Waals surface area (Å²) < 4.78 is 41.1. The second-order valence-corrected chi connectivity index (χ2v) is 5.81. The number of amides is 1. The number of rotatable bonds is 4. The highest BCUT2D eigenvalue weighted by molar-refractivity contribution is 7.89. The van der Waals surface area contributed by atoms with Crippen LogP contribution in [0.15, 0.2) is 17.0 Å². The number of primary sulfonamides is 1. The van der Waals surface area contributed by atoms with Crippen LogP contribution in [0.2, 0.25) is 0 Å². The quantitative estimate of drug-likeness (QED) is 0.836. The van der Waals surface area contributed by atoms with E-state index in [1.54, 1.807) is 0 Å². The Morgan fingerprint density at radius 2 is 2.11 bits per heavy atom. The zero-order chi connectivity index (χ0) is 14.2. The molecule has 0 aromatic heterocycles. The molecule has 0 bridgehead atoms. The third-order valence-electron chi connectivity index (χ3n) is 2.69. The summed E-state index contributed by atoms with van der Waals surface area (Å²) >= 11 is 0. The van der Waals surface area contributed by atoms with Gasteiger partial charge in [-0.3, -0.25) is 4.79 Å². The molecule has 1 aromatic rings. The molecule has 2 rings (SSSR count). The van der Waals surface area contributed by atoms with Gasteiger partial charge in [0.05, 0.1) is 7.11 Å². The summed E-state index contributed by atoms with van der Waals surface area (Å²) in [5, 5.41) is 7.61. The average Bonchev–Trinajstić information content (AvgIpc) is 3.10. The van der Waals surface area contributed by atoms with Gasteiger partial charge in [0.15, 0.2) is 11.6 Å². The van der Waals surface area contributed by atoms with Crippen molar-refractivity contribution in [2.24, 2.45) is 5.14 Å². The number of hydrogen-bond acceptors (Lipinski definition) is 4. The molecule has 0 heterocycles. The number of ether oxygens (including phenoxy) is 1. The Kier molecular flexibility index (Phi) is 3.46. The third kappa shape index (κ3) is 3.02. The number of carbonyl (C=O) groups is 1. The molecule has 1 amide bonds. The van der Waals surface area contributed by atoms with Crippen LogP contribution >= 0.6 is 0 Å². The molecule has 1 saturated carbocycles. The monoisotopic (exact) mass is 288 g/mol. The maximum absolute atomic E-state index is 13.7. The normalized spacial score (nSPS) is 15.1. The maximum atomic E-state index is 13.7. The van der Waals surface area contributed by atoms with Crippen molar-refractivity contribution in [3.05, 3.63) is 23.5 Å². The summed E-state index contributed by atoms with van der Waals surface area (Å²) in [5.74, 6) is -1.98. The second-order valence-electron chi connectivity index (χ2n) is 4.28. The minimum Gasteiger partial charge on any atom is -0.492 e. The topological polar surface area (TPSA) is 98.5 Å². The maximum Gasteiger partial charge on any atom is 0.251 e. The summed E-state index contributed by atoms with van der Waals surface area (Å²) in [6, 6.07) is 2.01. The number of hydrogen-bond donors (Lipinski definition) is 2. The van der Waals surface area contributed by atoms with Gasteiger partial charge in [-0.1, -0.05) is 0 Å². The highest BCUT2D eigenvalue weighted by Gasteiger charge is 2.26. The molecule has 6 nitrogen and oxygen atoms in total. The number of benzene rings is 1. The van der Waals surface area contributed by atoms with Crippen molar-refractivity contribution in [1.82, 2.24) is 5.32 Å². The van der Waals surface area contributed by atoms with Crippen molar-refractivity contribution < 1.29 is 22.3 Å². The lowest BCUT2D eigenvalue weighted by atomic mass is 10.2. The Hall–Kier alpha value is -1.67. The van der Waals surface area contributed by atoms with Crippen molar-refractivity contribution >= 4 is 15.9 Å². The molecule has 0 atom stereocenters. The van der Waals surface area contributed by atoms with Gasteiger partial charge in [-0.15, -0.1) is 0 Å². The van der Waals surface area contributed by atoms with Crippen LogP contribution in [0.5, 0.6) is 5.75 Å². The standard InChI is InChI=1S/C11H13FN2O4S/c1-18-10-8(12)4-6(5-9(10)19(13,16)17)11(15)14-7-2-3-7/h4-5,7H,2-3H2,1H3,(H,14,15)(H2,13,16,17). The van der Waals surface area contributed by atoms with E-state index in [1.165, 1.54) is 0 Å². The van der Waals surface area contributed by atoms with Crippen molar-refractivity contribution in [3.8, 4) is 5.75 Å².